The summed E-state index contributed by atoms with van der Waals surface area (Å²) in [4.78, 5) is 2.10. The summed E-state index contributed by atoms with van der Waals surface area (Å²) in [6, 6.07) is 15.4. The molecule has 138 valence electrons. The van der Waals surface area contributed by atoms with Crippen molar-refractivity contribution >= 4 is 12.4 Å². The number of rotatable bonds is 7. The van der Waals surface area contributed by atoms with Crippen molar-refractivity contribution in [2.75, 3.05) is 28.3 Å². The van der Waals surface area contributed by atoms with E-state index in [0.29, 0.717) is 23.5 Å². The van der Waals surface area contributed by atoms with Gasteiger partial charge in [-0.1, -0.05) is 30.3 Å². The van der Waals surface area contributed by atoms with Crippen LogP contribution in [0.3, 0.4) is 0 Å². The largest absolute Gasteiger partial charge is 0.497 e. The number of hydrogen-bond donors (Lipinski definition) is 1. The lowest BCUT2D eigenvalue weighted by Gasteiger charge is -2.35. The van der Waals surface area contributed by atoms with Gasteiger partial charge in [0.05, 0.1) is 14.2 Å². The summed E-state index contributed by atoms with van der Waals surface area (Å²) in [5.41, 5.74) is 0.375. The normalized spacial score (nSPS) is 14.4. The average molecular weight is 366 g/mol. The fraction of sp³-hybridized carbons (Fsp3) is 0.400. The van der Waals surface area contributed by atoms with Gasteiger partial charge in [0.25, 0.3) is 0 Å². The van der Waals surface area contributed by atoms with Crippen molar-refractivity contribution in [2.24, 2.45) is 0 Å². The molecular weight excluding hydrogens is 338 g/mol. The van der Waals surface area contributed by atoms with Crippen molar-refractivity contribution in [1.29, 1.82) is 0 Å². The molecule has 2 aromatic rings. The van der Waals surface area contributed by atoms with Crippen LogP contribution in [0.4, 0.5) is 0 Å². The lowest BCUT2D eigenvalue weighted by atomic mass is 9.80. The molecule has 0 spiro atoms. The van der Waals surface area contributed by atoms with E-state index in [1.807, 2.05) is 62.6 Å². The summed E-state index contributed by atoms with van der Waals surface area (Å²) in [5, 5.41) is 11.7. The molecule has 4 nitrogen and oxygen atoms in total. The van der Waals surface area contributed by atoms with Gasteiger partial charge in [0.1, 0.15) is 17.1 Å². The highest BCUT2D eigenvalue weighted by atomic mass is 35.5. The van der Waals surface area contributed by atoms with Crippen molar-refractivity contribution in [3.8, 4) is 11.5 Å². The first-order valence-electron chi connectivity index (χ1n) is 8.09. The highest BCUT2D eigenvalue weighted by molar-refractivity contribution is 5.85. The summed E-state index contributed by atoms with van der Waals surface area (Å²) in [7, 11) is 7.26. The fourth-order valence-electron chi connectivity index (χ4n) is 2.84. The van der Waals surface area contributed by atoms with Crippen molar-refractivity contribution in [3.05, 3.63) is 59.7 Å². The Balaban J connectivity index is 0.00000312. The van der Waals surface area contributed by atoms with Gasteiger partial charge in [-0.2, -0.15) is 0 Å². The number of ether oxygens (including phenoxy) is 2. The van der Waals surface area contributed by atoms with E-state index in [4.69, 9.17) is 9.47 Å². The van der Waals surface area contributed by atoms with Gasteiger partial charge < -0.3 is 19.5 Å². The second-order valence-corrected chi connectivity index (χ2v) is 6.31. The minimum Gasteiger partial charge on any atom is -0.497 e. The van der Waals surface area contributed by atoms with Gasteiger partial charge in [0.2, 0.25) is 0 Å². The van der Waals surface area contributed by atoms with Crippen LogP contribution < -0.4 is 9.47 Å². The standard InChI is InChI=1S/C20H27NO3.ClH/c1-15(21(2)3)14-20(22,16-9-7-6-8-10-16)18-13-17(23-4)11-12-19(18)24-5;/h6-13,15,22H,14H2,1-5H3;1H. The Kier molecular flexibility index (Phi) is 7.74. The van der Waals surface area contributed by atoms with Crippen LogP contribution in [-0.4, -0.2) is 44.4 Å². The molecule has 0 saturated heterocycles. The third-order valence-electron chi connectivity index (χ3n) is 4.58. The molecular formula is C20H28ClNO3. The molecule has 2 aromatic carbocycles. The van der Waals surface area contributed by atoms with Crippen LogP contribution in [0.15, 0.2) is 48.5 Å². The molecule has 2 atom stereocenters. The maximum Gasteiger partial charge on any atom is 0.125 e. The summed E-state index contributed by atoms with van der Waals surface area (Å²) >= 11 is 0. The molecule has 1 N–H and O–H groups in total. The first-order chi connectivity index (χ1) is 11.4. The minimum atomic E-state index is -1.18. The number of aliphatic hydroxyl groups is 1. The highest BCUT2D eigenvalue weighted by Gasteiger charge is 2.36. The maximum atomic E-state index is 11.7. The predicted octanol–water partition coefficient (Wildman–Crippen LogP) is 3.70. The Morgan fingerprint density at radius 1 is 1.04 bits per heavy atom. The average Bonchev–Trinajstić information content (AvgIpc) is 2.61. The summed E-state index contributed by atoms with van der Waals surface area (Å²) < 4.78 is 10.9. The third kappa shape index (κ3) is 4.66. The molecule has 0 radical (unpaired) electrons. The summed E-state index contributed by atoms with van der Waals surface area (Å²) in [6.07, 6.45) is 0.535. The lowest BCUT2D eigenvalue weighted by Crippen LogP contribution is -2.37. The Morgan fingerprint density at radius 2 is 1.68 bits per heavy atom. The number of hydrogen-bond acceptors (Lipinski definition) is 4. The van der Waals surface area contributed by atoms with Crippen LogP contribution in [0, 0.1) is 0 Å². The molecule has 25 heavy (non-hydrogen) atoms. The molecule has 0 fully saturated rings. The molecule has 0 aliphatic rings. The highest BCUT2D eigenvalue weighted by Crippen LogP contribution is 2.41. The quantitative estimate of drug-likeness (QED) is 0.812. The maximum absolute atomic E-state index is 11.7. The van der Waals surface area contributed by atoms with Gasteiger partial charge in [-0.15, -0.1) is 12.4 Å². The molecule has 5 heteroatoms. The number of benzene rings is 2. The Morgan fingerprint density at radius 3 is 2.20 bits per heavy atom. The lowest BCUT2D eigenvalue weighted by molar-refractivity contribution is 0.0440. The Bertz CT molecular complexity index is 663. The molecule has 0 aromatic heterocycles. The van der Waals surface area contributed by atoms with Crippen molar-refractivity contribution in [1.82, 2.24) is 4.90 Å². The minimum absolute atomic E-state index is 0. The SMILES string of the molecule is COc1ccc(OC)c(C(O)(CC(C)N(C)C)c2ccccc2)c1.Cl. The van der Waals surface area contributed by atoms with Crippen molar-refractivity contribution < 1.29 is 14.6 Å². The molecule has 0 bridgehead atoms. The van der Waals surface area contributed by atoms with E-state index in [9.17, 15) is 5.11 Å². The summed E-state index contributed by atoms with van der Waals surface area (Å²) in [5.74, 6) is 1.34. The molecule has 2 unspecified atom stereocenters. The van der Waals surface area contributed by atoms with E-state index in [1.165, 1.54) is 0 Å². The zero-order valence-corrected chi connectivity index (χ0v) is 16.3. The van der Waals surface area contributed by atoms with Crippen LogP contribution in [0.2, 0.25) is 0 Å². The number of nitrogens with zero attached hydrogens (tertiary/aromatic N) is 1. The molecule has 0 heterocycles. The third-order valence-corrected chi connectivity index (χ3v) is 4.58. The van der Waals surface area contributed by atoms with Crippen LogP contribution in [0.25, 0.3) is 0 Å². The van der Waals surface area contributed by atoms with Gasteiger partial charge in [-0.05, 0) is 51.2 Å². The van der Waals surface area contributed by atoms with Crippen LogP contribution >= 0.6 is 12.4 Å². The molecule has 2 rings (SSSR count). The first kappa shape index (κ1) is 21.3. The van der Waals surface area contributed by atoms with Gasteiger partial charge in [-0.3, -0.25) is 0 Å². The fourth-order valence-corrected chi connectivity index (χ4v) is 2.84. The van der Waals surface area contributed by atoms with E-state index in [-0.39, 0.29) is 18.4 Å². The smallest absolute Gasteiger partial charge is 0.125 e. The number of methoxy groups -OCH3 is 2. The van der Waals surface area contributed by atoms with E-state index in [2.05, 4.69) is 11.8 Å². The zero-order valence-electron chi connectivity index (χ0n) is 15.5. The molecule has 0 amide bonds. The second kappa shape index (κ2) is 9.09. The van der Waals surface area contributed by atoms with Crippen molar-refractivity contribution in [3.63, 3.8) is 0 Å². The zero-order chi connectivity index (χ0) is 17.7. The Labute approximate surface area is 156 Å². The van der Waals surface area contributed by atoms with Crippen molar-refractivity contribution in [2.45, 2.75) is 25.0 Å². The monoisotopic (exact) mass is 365 g/mol. The second-order valence-electron chi connectivity index (χ2n) is 6.31. The molecule has 0 aliphatic heterocycles. The Hall–Kier alpha value is -1.75. The van der Waals surface area contributed by atoms with Gasteiger partial charge in [0.15, 0.2) is 0 Å². The van der Waals surface area contributed by atoms with Gasteiger partial charge in [-0.25, -0.2) is 0 Å². The van der Waals surface area contributed by atoms with Crippen LogP contribution in [0.5, 0.6) is 11.5 Å². The molecule has 0 saturated carbocycles. The van der Waals surface area contributed by atoms with E-state index in [1.54, 1.807) is 14.2 Å². The molecule has 0 aliphatic carbocycles. The van der Waals surface area contributed by atoms with Gasteiger partial charge in [0, 0.05) is 11.6 Å². The van der Waals surface area contributed by atoms with Crippen LogP contribution in [-0.2, 0) is 5.60 Å². The van der Waals surface area contributed by atoms with E-state index >= 15 is 0 Å². The van der Waals surface area contributed by atoms with Crippen LogP contribution in [0.1, 0.15) is 24.5 Å². The van der Waals surface area contributed by atoms with Gasteiger partial charge >= 0.3 is 0 Å². The van der Waals surface area contributed by atoms with E-state index < -0.39 is 5.60 Å². The first-order valence-corrected chi connectivity index (χ1v) is 8.09. The topological polar surface area (TPSA) is 41.9 Å². The predicted molar refractivity (Wildman–Crippen MR) is 104 cm³/mol. The van der Waals surface area contributed by atoms with E-state index in [0.717, 1.165) is 5.56 Å². The number of halogens is 1. The summed E-state index contributed by atoms with van der Waals surface area (Å²) in [6.45, 7) is 2.10.